The van der Waals surface area contributed by atoms with Gasteiger partial charge in [0.1, 0.15) is 5.69 Å². The smallest absolute Gasteiger partial charge is 0.157 e. The molecule has 0 aromatic carbocycles. The number of aromatic nitrogens is 2. The summed E-state index contributed by atoms with van der Waals surface area (Å²) in [4.78, 5) is 7.75. The monoisotopic (exact) mass is 248 g/mol. The molecule has 5 heteroatoms. The molecule has 0 amide bonds. The van der Waals surface area contributed by atoms with Gasteiger partial charge in [-0.25, -0.2) is 4.98 Å². The Hall–Kier alpha value is -0.720. The Balaban J connectivity index is 2.96. The summed E-state index contributed by atoms with van der Waals surface area (Å²) in [7, 11) is 0. The van der Waals surface area contributed by atoms with Gasteiger partial charge in [-0.2, -0.15) is 3.21 Å². The van der Waals surface area contributed by atoms with E-state index in [1.807, 2.05) is 22.9 Å². The molecule has 0 aliphatic rings. The van der Waals surface area contributed by atoms with Crippen molar-refractivity contribution in [3.8, 4) is 0 Å². The average molecular weight is 248 g/mol. The Kier molecular flexibility index (Phi) is 2.55. The third kappa shape index (κ3) is 1.63. The molecule has 0 atom stereocenters. The van der Waals surface area contributed by atoms with Crippen molar-refractivity contribution >= 4 is 28.7 Å². The molecule has 0 bridgehead atoms. The van der Waals surface area contributed by atoms with Gasteiger partial charge in [0.05, 0.1) is 29.1 Å². The molecule has 0 saturated carbocycles. The molecule has 2 N–H and O–H groups in total. The van der Waals surface area contributed by atoms with Crippen molar-refractivity contribution in [2.45, 2.75) is 0 Å². The Morgan fingerprint density at radius 3 is 2.90 bits per heavy atom. The third-order valence-corrected chi connectivity index (χ3v) is 1.44. The zero-order chi connectivity index (χ0) is 7.40. The Morgan fingerprint density at radius 1 is 1.60 bits per heavy atom. The molecule has 0 aliphatic heterocycles. The highest BCUT2D eigenvalue weighted by atomic mass is 127. The van der Waals surface area contributed by atoms with E-state index >= 15 is 0 Å². The first-order valence-electron chi connectivity index (χ1n) is 2.55. The lowest BCUT2D eigenvalue weighted by atomic mass is 10.4. The number of rotatable bonds is 1. The largest absolute Gasteiger partial charge is 0.381 e. The van der Waals surface area contributed by atoms with Crippen molar-refractivity contribution in [1.29, 1.82) is 0 Å². The summed E-state index contributed by atoms with van der Waals surface area (Å²) in [5, 5.41) is 0. The van der Waals surface area contributed by atoms with Gasteiger partial charge in [0.2, 0.25) is 0 Å². The van der Waals surface area contributed by atoms with Crippen molar-refractivity contribution in [1.82, 2.24) is 9.97 Å². The molecular formula is C5H5IN4. The zero-order valence-electron chi connectivity index (χ0n) is 5.03. The van der Waals surface area contributed by atoms with Gasteiger partial charge in [0.25, 0.3) is 0 Å². The van der Waals surface area contributed by atoms with Crippen LogP contribution < -0.4 is 5.73 Å². The second-order valence-corrected chi connectivity index (χ2v) is 2.04. The van der Waals surface area contributed by atoms with Crippen LogP contribution in [0.1, 0.15) is 5.69 Å². The summed E-state index contributed by atoms with van der Waals surface area (Å²) >= 11 is 1.81. The highest BCUT2D eigenvalue weighted by Crippen LogP contribution is 1.92. The van der Waals surface area contributed by atoms with Gasteiger partial charge in [-0.1, -0.05) is 0 Å². The molecule has 0 fully saturated rings. The molecule has 4 nitrogen and oxygen atoms in total. The van der Waals surface area contributed by atoms with E-state index in [-0.39, 0.29) is 0 Å². The first-order valence-corrected chi connectivity index (χ1v) is 3.52. The standard InChI is InChI=1S/C5H5IN4/c6-10-5(7)4-3-8-1-2-9-4/h1-3H,(H2,7,10). The lowest BCUT2D eigenvalue weighted by Crippen LogP contribution is -2.13. The predicted molar refractivity (Wildman–Crippen MR) is 46.8 cm³/mol. The maximum atomic E-state index is 5.43. The van der Waals surface area contributed by atoms with Crippen molar-refractivity contribution in [2.24, 2.45) is 8.94 Å². The number of amidine groups is 1. The molecule has 0 radical (unpaired) electrons. The number of nitrogens with zero attached hydrogens (tertiary/aromatic N) is 3. The van der Waals surface area contributed by atoms with Crippen LogP contribution in [0.15, 0.2) is 21.8 Å². The topological polar surface area (TPSA) is 64.2 Å². The maximum absolute atomic E-state index is 5.43. The molecule has 0 aliphatic carbocycles. The Labute approximate surface area is 72.1 Å². The van der Waals surface area contributed by atoms with Crippen LogP contribution in [-0.2, 0) is 0 Å². The number of nitrogens with two attached hydrogens (primary N) is 1. The number of halogens is 1. The van der Waals surface area contributed by atoms with Gasteiger partial charge in [-0.15, -0.1) is 0 Å². The maximum Gasteiger partial charge on any atom is 0.157 e. The lowest BCUT2D eigenvalue weighted by molar-refractivity contribution is 1.17. The molecule has 1 heterocycles. The molecule has 52 valence electrons. The van der Waals surface area contributed by atoms with Gasteiger partial charge in [-0.3, -0.25) is 4.98 Å². The van der Waals surface area contributed by atoms with Crippen LogP contribution in [0.4, 0.5) is 0 Å². The summed E-state index contributed by atoms with van der Waals surface area (Å²) in [5.74, 6) is 0.397. The minimum absolute atomic E-state index is 0.397. The van der Waals surface area contributed by atoms with Crippen molar-refractivity contribution < 1.29 is 0 Å². The summed E-state index contributed by atoms with van der Waals surface area (Å²) in [6.45, 7) is 0. The first-order chi connectivity index (χ1) is 4.84. The predicted octanol–water partition coefficient (Wildman–Crippen LogP) is 0.532. The van der Waals surface area contributed by atoms with Gasteiger partial charge in [0.15, 0.2) is 5.84 Å². The highest BCUT2D eigenvalue weighted by molar-refractivity contribution is 14.1. The van der Waals surface area contributed by atoms with Crippen molar-refractivity contribution in [2.75, 3.05) is 0 Å². The second kappa shape index (κ2) is 3.45. The van der Waals surface area contributed by atoms with Crippen LogP contribution in [0.3, 0.4) is 0 Å². The van der Waals surface area contributed by atoms with Crippen LogP contribution in [0.2, 0.25) is 0 Å². The minimum Gasteiger partial charge on any atom is -0.381 e. The van der Waals surface area contributed by atoms with E-state index in [1.165, 1.54) is 0 Å². The summed E-state index contributed by atoms with van der Waals surface area (Å²) in [5.41, 5.74) is 6.04. The molecule has 1 aromatic heterocycles. The number of hydrogen-bond donors (Lipinski definition) is 1. The molecular weight excluding hydrogens is 243 g/mol. The average Bonchev–Trinajstić information content (AvgIpc) is 2.05. The van der Waals surface area contributed by atoms with Crippen LogP contribution in [0.25, 0.3) is 0 Å². The van der Waals surface area contributed by atoms with Crippen LogP contribution >= 0.6 is 22.9 Å². The normalized spacial score (nSPS) is 11.5. The Bertz CT molecular complexity index is 233. The van der Waals surface area contributed by atoms with Crippen LogP contribution in [0.5, 0.6) is 0 Å². The molecule has 0 spiro atoms. The summed E-state index contributed by atoms with van der Waals surface area (Å²) in [6, 6.07) is 0. The van der Waals surface area contributed by atoms with E-state index in [1.54, 1.807) is 18.6 Å². The fourth-order valence-electron chi connectivity index (χ4n) is 0.475. The third-order valence-electron chi connectivity index (χ3n) is 0.917. The highest BCUT2D eigenvalue weighted by Gasteiger charge is 1.95. The zero-order valence-corrected chi connectivity index (χ0v) is 7.19. The molecule has 0 unspecified atom stereocenters. The van der Waals surface area contributed by atoms with E-state index < -0.39 is 0 Å². The van der Waals surface area contributed by atoms with Crippen molar-refractivity contribution in [3.63, 3.8) is 0 Å². The SMILES string of the molecule is N/C(=N\I)c1cnccn1. The van der Waals surface area contributed by atoms with Crippen LogP contribution in [-0.4, -0.2) is 15.8 Å². The summed E-state index contributed by atoms with van der Waals surface area (Å²) < 4.78 is 3.72. The Morgan fingerprint density at radius 2 is 2.40 bits per heavy atom. The number of hydrogen-bond acceptors (Lipinski definition) is 3. The molecule has 1 rings (SSSR count). The van der Waals surface area contributed by atoms with Crippen molar-refractivity contribution in [3.05, 3.63) is 24.3 Å². The van der Waals surface area contributed by atoms with E-state index in [2.05, 4.69) is 13.2 Å². The van der Waals surface area contributed by atoms with E-state index in [9.17, 15) is 0 Å². The van der Waals surface area contributed by atoms with E-state index in [4.69, 9.17) is 5.73 Å². The minimum atomic E-state index is 0.397. The molecule has 1 aromatic rings. The van der Waals surface area contributed by atoms with Gasteiger partial charge >= 0.3 is 0 Å². The van der Waals surface area contributed by atoms with Gasteiger partial charge in [-0.05, 0) is 0 Å². The fraction of sp³-hybridized carbons (Fsp3) is 0. The first kappa shape index (κ1) is 7.39. The van der Waals surface area contributed by atoms with E-state index in [0.29, 0.717) is 11.5 Å². The lowest BCUT2D eigenvalue weighted by Gasteiger charge is -1.93. The van der Waals surface area contributed by atoms with Gasteiger partial charge < -0.3 is 5.73 Å². The van der Waals surface area contributed by atoms with Gasteiger partial charge in [0, 0.05) is 12.4 Å². The quantitative estimate of drug-likeness (QED) is 0.448. The fourth-order valence-corrected chi connectivity index (χ4v) is 0.722. The van der Waals surface area contributed by atoms with Crippen LogP contribution in [0, 0.1) is 0 Å². The summed E-state index contributed by atoms with van der Waals surface area (Å²) in [6.07, 6.45) is 4.73. The molecule has 0 saturated heterocycles. The molecule has 10 heavy (non-hydrogen) atoms. The second-order valence-electron chi connectivity index (χ2n) is 1.56. The van der Waals surface area contributed by atoms with E-state index in [0.717, 1.165) is 0 Å².